The topological polar surface area (TPSA) is 64.3 Å². The molecule has 2 aromatic rings. The minimum Gasteiger partial charge on any atom is -0.494 e. The fourth-order valence-electron chi connectivity index (χ4n) is 1.84. The molecule has 0 fully saturated rings. The molecule has 3 N–H and O–H groups in total. The standard InChI is InChI=1S/C16H18N2O2/c1-3-20-13-7-5-12(6-8-13)16(19)18-15-10-11(2)4-9-14(15)17/h4-10H,3,17H2,1-2H3,(H,18,19). The number of rotatable bonds is 4. The summed E-state index contributed by atoms with van der Waals surface area (Å²) in [5, 5.41) is 2.81. The first-order valence-corrected chi connectivity index (χ1v) is 6.50. The van der Waals surface area contributed by atoms with Gasteiger partial charge in [-0.3, -0.25) is 4.79 Å². The van der Waals surface area contributed by atoms with Crippen LogP contribution in [0.15, 0.2) is 42.5 Å². The Bertz CT molecular complexity index is 606. The van der Waals surface area contributed by atoms with E-state index < -0.39 is 0 Å². The van der Waals surface area contributed by atoms with Crippen LogP contribution in [0.1, 0.15) is 22.8 Å². The van der Waals surface area contributed by atoms with Crippen LogP contribution in [0.5, 0.6) is 5.75 Å². The molecule has 4 heteroatoms. The highest BCUT2D eigenvalue weighted by Crippen LogP contribution is 2.21. The van der Waals surface area contributed by atoms with E-state index in [2.05, 4.69) is 5.32 Å². The molecule has 0 aliphatic rings. The van der Waals surface area contributed by atoms with Gasteiger partial charge in [0.05, 0.1) is 18.0 Å². The molecular weight excluding hydrogens is 252 g/mol. The van der Waals surface area contributed by atoms with Gasteiger partial charge in [0, 0.05) is 5.56 Å². The smallest absolute Gasteiger partial charge is 0.255 e. The van der Waals surface area contributed by atoms with E-state index in [1.165, 1.54) is 0 Å². The summed E-state index contributed by atoms with van der Waals surface area (Å²) in [6, 6.07) is 12.5. The number of amides is 1. The van der Waals surface area contributed by atoms with Crippen molar-refractivity contribution in [2.24, 2.45) is 0 Å². The molecule has 0 aromatic heterocycles. The van der Waals surface area contributed by atoms with Crippen LogP contribution < -0.4 is 15.8 Å². The number of nitrogens with one attached hydrogen (secondary N) is 1. The highest BCUT2D eigenvalue weighted by atomic mass is 16.5. The molecule has 2 rings (SSSR count). The van der Waals surface area contributed by atoms with Gasteiger partial charge < -0.3 is 15.8 Å². The summed E-state index contributed by atoms with van der Waals surface area (Å²) in [5.41, 5.74) is 8.63. The Morgan fingerprint density at radius 2 is 1.90 bits per heavy atom. The van der Waals surface area contributed by atoms with Crippen molar-refractivity contribution in [3.05, 3.63) is 53.6 Å². The lowest BCUT2D eigenvalue weighted by molar-refractivity contribution is 0.102. The van der Waals surface area contributed by atoms with E-state index in [-0.39, 0.29) is 5.91 Å². The summed E-state index contributed by atoms with van der Waals surface area (Å²) in [6.45, 7) is 4.47. The lowest BCUT2D eigenvalue weighted by Gasteiger charge is -2.09. The van der Waals surface area contributed by atoms with Crippen molar-refractivity contribution in [3.8, 4) is 5.75 Å². The van der Waals surface area contributed by atoms with E-state index in [0.29, 0.717) is 23.5 Å². The monoisotopic (exact) mass is 270 g/mol. The molecule has 4 nitrogen and oxygen atoms in total. The molecule has 0 spiro atoms. The summed E-state index contributed by atoms with van der Waals surface area (Å²) in [6.07, 6.45) is 0. The Labute approximate surface area is 118 Å². The maximum atomic E-state index is 12.1. The normalized spacial score (nSPS) is 10.1. The second-order valence-corrected chi connectivity index (χ2v) is 4.50. The maximum absolute atomic E-state index is 12.1. The predicted octanol–water partition coefficient (Wildman–Crippen LogP) is 3.23. The number of carbonyl (C=O) groups excluding carboxylic acids is 1. The molecular formula is C16H18N2O2. The molecule has 104 valence electrons. The Kier molecular flexibility index (Phi) is 4.25. The number of aryl methyl sites for hydroxylation is 1. The third-order valence-corrected chi connectivity index (χ3v) is 2.88. The van der Waals surface area contributed by atoms with Crippen molar-refractivity contribution in [2.45, 2.75) is 13.8 Å². The molecule has 0 saturated heterocycles. The number of hydrogen-bond donors (Lipinski definition) is 2. The van der Waals surface area contributed by atoms with Gasteiger partial charge in [0.2, 0.25) is 0 Å². The Balaban J connectivity index is 2.13. The molecule has 0 atom stereocenters. The second kappa shape index (κ2) is 6.10. The van der Waals surface area contributed by atoms with Crippen molar-refractivity contribution in [3.63, 3.8) is 0 Å². The molecule has 0 unspecified atom stereocenters. The van der Waals surface area contributed by atoms with E-state index in [1.54, 1.807) is 30.3 Å². The van der Waals surface area contributed by atoms with Crippen LogP contribution in [0.3, 0.4) is 0 Å². The van der Waals surface area contributed by atoms with Crippen molar-refractivity contribution in [2.75, 3.05) is 17.7 Å². The summed E-state index contributed by atoms with van der Waals surface area (Å²) in [5.74, 6) is 0.560. The number of anilines is 2. The molecule has 2 aromatic carbocycles. The molecule has 20 heavy (non-hydrogen) atoms. The van der Waals surface area contributed by atoms with E-state index in [0.717, 1.165) is 11.3 Å². The fourth-order valence-corrected chi connectivity index (χ4v) is 1.84. The Morgan fingerprint density at radius 3 is 2.55 bits per heavy atom. The summed E-state index contributed by atoms with van der Waals surface area (Å²) < 4.78 is 5.34. The van der Waals surface area contributed by atoms with Gasteiger partial charge in [0.15, 0.2) is 0 Å². The van der Waals surface area contributed by atoms with Crippen molar-refractivity contribution >= 4 is 17.3 Å². The minimum atomic E-state index is -0.189. The molecule has 0 bridgehead atoms. The highest BCUT2D eigenvalue weighted by molar-refractivity contribution is 6.05. The van der Waals surface area contributed by atoms with Gasteiger partial charge >= 0.3 is 0 Å². The van der Waals surface area contributed by atoms with Crippen LogP contribution in [0, 0.1) is 6.92 Å². The number of nitrogen functional groups attached to an aromatic ring is 1. The first-order chi connectivity index (χ1) is 9.60. The quantitative estimate of drug-likeness (QED) is 0.838. The Morgan fingerprint density at radius 1 is 1.20 bits per heavy atom. The van der Waals surface area contributed by atoms with Crippen LogP contribution in [0.25, 0.3) is 0 Å². The summed E-state index contributed by atoms with van der Waals surface area (Å²) in [4.78, 5) is 12.1. The maximum Gasteiger partial charge on any atom is 0.255 e. The number of carbonyl (C=O) groups is 1. The number of benzene rings is 2. The zero-order chi connectivity index (χ0) is 14.5. The molecule has 1 amide bonds. The zero-order valence-corrected chi connectivity index (χ0v) is 11.6. The predicted molar refractivity (Wildman–Crippen MR) is 81.2 cm³/mol. The molecule has 0 aliphatic carbocycles. The van der Waals surface area contributed by atoms with Crippen molar-refractivity contribution in [1.82, 2.24) is 0 Å². The summed E-state index contributed by atoms with van der Waals surface area (Å²) >= 11 is 0. The van der Waals surface area contributed by atoms with Crippen LogP contribution >= 0.6 is 0 Å². The first-order valence-electron chi connectivity index (χ1n) is 6.50. The molecule has 0 aliphatic heterocycles. The van der Waals surface area contributed by atoms with Gasteiger partial charge in [-0.05, 0) is 55.8 Å². The van der Waals surface area contributed by atoms with E-state index in [9.17, 15) is 4.79 Å². The summed E-state index contributed by atoms with van der Waals surface area (Å²) in [7, 11) is 0. The van der Waals surface area contributed by atoms with Gasteiger partial charge in [-0.25, -0.2) is 0 Å². The van der Waals surface area contributed by atoms with Gasteiger partial charge in [0.25, 0.3) is 5.91 Å². The van der Waals surface area contributed by atoms with E-state index in [1.807, 2.05) is 26.0 Å². The van der Waals surface area contributed by atoms with Crippen LogP contribution in [0.2, 0.25) is 0 Å². The largest absolute Gasteiger partial charge is 0.494 e. The molecule has 0 radical (unpaired) electrons. The Hall–Kier alpha value is -2.49. The van der Waals surface area contributed by atoms with Crippen molar-refractivity contribution in [1.29, 1.82) is 0 Å². The second-order valence-electron chi connectivity index (χ2n) is 4.50. The fraction of sp³-hybridized carbons (Fsp3) is 0.188. The van der Waals surface area contributed by atoms with Crippen LogP contribution in [-0.4, -0.2) is 12.5 Å². The number of ether oxygens (including phenoxy) is 1. The van der Waals surface area contributed by atoms with Gasteiger partial charge in [-0.15, -0.1) is 0 Å². The zero-order valence-electron chi connectivity index (χ0n) is 11.6. The van der Waals surface area contributed by atoms with Gasteiger partial charge in [-0.1, -0.05) is 6.07 Å². The van der Waals surface area contributed by atoms with Crippen molar-refractivity contribution < 1.29 is 9.53 Å². The third kappa shape index (κ3) is 3.29. The van der Waals surface area contributed by atoms with Crippen LogP contribution in [-0.2, 0) is 0 Å². The highest BCUT2D eigenvalue weighted by Gasteiger charge is 2.08. The third-order valence-electron chi connectivity index (χ3n) is 2.88. The molecule has 0 saturated carbocycles. The minimum absolute atomic E-state index is 0.189. The lowest BCUT2D eigenvalue weighted by Crippen LogP contribution is -2.13. The van der Waals surface area contributed by atoms with E-state index >= 15 is 0 Å². The van der Waals surface area contributed by atoms with Gasteiger partial charge in [-0.2, -0.15) is 0 Å². The average molecular weight is 270 g/mol. The SMILES string of the molecule is CCOc1ccc(C(=O)Nc2cc(C)ccc2N)cc1. The first kappa shape index (κ1) is 13.9. The van der Waals surface area contributed by atoms with Gasteiger partial charge in [0.1, 0.15) is 5.75 Å². The lowest BCUT2D eigenvalue weighted by atomic mass is 10.1. The number of nitrogens with two attached hydrogens (primary N) is 1. The average Bonchev–Trinajstić information content (AvgIpc) is 2.44. The van der Waals surface area contributed by atoms with E-state index in [4.69, 9.17) is 10.5 Å². The van der Waals surface area contributed by atoms with Crippen LogP contribution in [0.4, 0.5) is 11.4 Å². The molecule has 0 heterocycles. The number of hydrogen-bond acceptors (Lipinski definition) is 3.